The fraction of sp³-hybridized carbons (Fsp3) is 0.200. The van der Waals surface area contributed by atoms with Crippen molar-refractivity contribution in [2.24, 2.45) is 5.73 Å². The molecule has 1 atom stereocenters. The SMILES string of the molecule is CC(N)Cc1cc(F)ccc1Oc1ccccc1Cl. The van der Waals surface area contributed by atoms with Crippen LogP contribution in [0.3, 0.4) is 0 Å². The van der Waals surface area contributed by atoms with E-state index in [9.17, 15) is 4.39 Å². The van der Waals surface area contributed by atoms with Crippen molar-refractivity contribution >= 4 is 11.6 Å². The molecular formula is C15H15ClFNO. The van der Waals surface area contributed by atoms with Gasteiger partial charge < -0.3 is 10.5 Å². The largest absolute Gasteiger partial charge is 0.456 e. The molecule has 19 heavy (non-hydrogen) atoms. The van der Waals surface area contributed by atoms with Crippen LogP contribution in [-0.2, 0) is 6.42 Å². The quantitative estimate of drug-likeness (QED) is 0.912. The lowest BCUT2D eigenvalue weighted by Crippen LogP contribution is -2.18. The van der Waals surface area contributed by atoms with Gasteiger partial charge >= 0.3 is 0 Å². The lowest BCUT2D eigenvalue weighted by Gasteiger charge is -2.13. The topological polar surface area (TPSA) is 35.2 Å². The molecule has 2 rings (SSSR count). The first-order chi connectivity index (χ1) is 9.06. The van der Waals surface area contributed by atoms with Crippen LogP contribution >= 0.6 is 11.6 Å². The van der Waals surface area contributed by atoms with Crippen molar-refractivity contribution in [3.63, 3.8) is 0 Å². The number of hydrogen-bond acceptors (Lipinski definition) is 2. The molecule has 2 aromatic carbocycles. The standard InChI is InChI=1S/C15H15ClFNO/c1-10(18)8-11-9-12(17)6-7-14(11)19-15-5-3-2-4-13(15)16/h2-7,9-10H,8,18H2,1H3. The summed E-state index contributed by atoms with van der Waals surface area (Å²) < 4.78 is 19.0. The van der Waals surface area contributed by atoms with E-state index in [0.29, 0.717) is 22.9 Å². The normalized spacial score (nSPS) is 12.2. The van der Waals surface area contributed by atoms with E-state index in [1.807, 2.05) is 19.1 Å². The summed E-state index contributed by atoms with van der Waals surface area (Å²) in [6.07, 6.45) is 0.539. The molecule has 0 amide bonds. The van der Waals surface area contributed by atoms with Gasteiger partial charge in [0.25, 0.3) is 0 Å². The monoisotopic (exact) mass is 279 g/mol. The second-order valence-corrected chi connectivity index (χ2v) is 4.87. The molecule has 0 aromatic heterocycles. The Morgan fingerprint density at radius 2 is 1.95 bits per heavy atom. The van der Waals surface area contributed by atoms with Crippen molar-refractivity contribution in [3.8, 4) is 11.5 Å². The zero-order chi connectivity index (χ0) is 13.8. The summed E-state index contributed by atoms with van der Waals surface area (Å²) in [5.41, 5.74) is 6.49. The van der Waals surface area contributed by atoms with E-state index in [2.05, 4.69) is 0 Å². The highest BCUT2D eigenvalue weighted by atomic mass is 35.5. The van der Waals surface area contributed by atoms with Gasteiger partial charge in [-0.25, -0.2) is 4.39 Å². The van der Waals surface area contributed by atoms with Crippen molar-refractivity contribution in [1.82, 2.24) is 0 Å². The maximum atomic E-state index is 13.3. The summed E-state index contributed by atoms with van der Waals surface area (Å²) in [6, 6.07) is 11.5. The Hall–Kier alpha value is -1.58. The molecule has 2 nitrogen and oxygen atoms in total. The van der Waals surface area contributed by atoms with Gasteiger partial charge in [0.05, 0.1) is 5.02 Å². The van der Waals surface area contributed by atoms with E-state index in [4.69, 9.17) is 22.1 Å². The van der Waals surface area contributed by atoms with Crippen LogP contribution in [0.1, 0.15) is 12.5 Å². The second kappa shape index (κ2) is 6.04. The van der Waals surface area contributed by atoms with Gasteiger partial charge in [0.15, 0.2) is 0 Å². The van der Waals surface area contributed by atoms with Crippen molar-refractivity contribution < 1.29 is 9.13 Å². The van der Waals surface area contributed by atoms with E-state index < -0.39 is 0 Å². The van der Waals surface area contributed by atoms with E-state index in [1.165, 1.54) is 12.1 Å². The Kier molecular flexibility index (Phi) is 4.40. The molecule has 2 aromatic rings. The summed E-state index contributed by atoms with van der Waals surface area (Å²) in [5, 5.41) is 0.513. The van der Waals surface area contributed by atoms with E-state index >= 15 is 0 Å². The Bertz CT molecular complexity index is 572. The summed E-state index contributed by atoms with van der Waals surface area (Å²) >= 11 is 6.04. The minimum atomic E-state index is -0.304. The zero-order valence-electron chi connectivity index (χ0n) is 10.6. The fourth-order valence-corrected chi connectivity index (χ4v) is 1.97. The van der Waals surface area contributed by atoms with Gasteiger partial charge in [-0.1, -0.05) is 23.7 Å². The highest BCUT2D eigenvalue weighted by Crippen LogP contribution is 2.31. The van der Waals surface area contributed by atoms with E-state index in [-0.39, 0.29) is 11.9 Å². The van der Waals surface area contributed by atoms with Crippen molar-refractivity contribution in [2.45, 2.75) is 19.4 Å². The third-order valence-corrected chi connectivity index (χ3v) is 2.93. The van der Waals surface area contributed by atoms with Crippen LogP contribution < -0.4 is 10.5 Å². The number of nitrogens with two attached hydrogens (primary N) is 1. The third-order valence-electron chi connectivity index (χ3n) is 2.62. The average molecular weight is 280 g/mol. The Morgan fingerprint density at radius 1 is 1.21 bits per heavy atom. The van der Waals surface area contributed by atoms with Crippen molar-refractivity contribution in [3.05, 3.63) is 58.9 Å². The molecular weight excluding hydrogens is 265 g/mol. The summed E-state index contributed by atoms with van der Waals surface area (Å²) in [7, 11) is 0. The van der Waals surface area contributed by atoms with Gasteiger partial charge in [0.2, 0.25) is 0 Å². The molecule has 4 heteroatoms. The number of para-hydroxylation sites is 1. The smallest absolute Gasteiger partial charge is 0.146 e. The lowest BCUT2D eigenvalue weighted by molar-refractivity contribution is 0.471. The summed E-state index contributed by atoms with van der Waals surface area (Å²) in [4.78, 5) is 0. The van der Waals surface area contributed by atoms with Gasteiger partial charge in [0.1, 0.15) is 17.3 Å². The minimum absolute atomic E-state index is 0.0737. The molecule has 0 aliphatic rings. The fourth-order valence-electron chi connectivity index (χ4n) is 1.80. The first-order valence-electron chi connectivity index (χ1n) is 6.02. The van der Waals surface area contributed by atoms with Crippen molar-refractivity contribution in [2.75, 3.05) is 0 Å². The first-order valence-corrected chi connectivity index (χ1v) is 6.40. The zero-order valence-corrected chi connectivity index (χ0v) is 11.3. The Labute approximate surface area is 117 Å². The number of rotatable bonds is 4. The van der Waals surface area contributed by atoms with Crippen LogP contribution in [0.2, 0.25) is 5.02 Å². The predicted molar refractivity (Wildman–Crippen MR) is 75.3 cm³/mol. The van der Waals surface area contributed by atoms with Gasteiger partial charge in [-0.15, -0.1) is 0 Å². The number of ether oxygens (including phenoxy) is 1. The average Bonchev–Trinajstić information content (AvgIpc) is 2.34. The molecule has 1 unspecified atom stereocenters. The van der Waals surface area contributed by atoms with Crippen LogP contribution in [-0.4, -0.2) is 6.04 Å². The minimum Gasteiger partial charge on any atom is -0.456 e. The van der Waals surface area contributed by atoms with Crippen LogP contribution in [0.25, 0.3) is 0 Å². The summed E-state index contributed by atoms with van der Waals surface area (Å²) in [6.45, 7) is 1.87. The van der Waals surface area contributed by atoms with E-state index in [0.717, 1.165) is 5.56 Å². The molecule has 0 saturated carbocycles. The molecule has 0 spiro atoms. The Morgan fingerprint density at radius 3 is 2.63 bits per heavy atom. The van der Waals surface area contributed by atoms with E-state index in [1.54, 1.807) is 18.2 Å². The molecule has 0 bridgehead atoms. The third kappa shape index (κ3) is 3.69. The molecule has 0 heterocycles. The summed E-state index contributed by atoms with van der Waals surface area (Å²) in [5.74, 6) is 0.815. The van der Waals surface area contributed by atoms with Crippen LogP contribution in [0.15, 0.2) is 42.5 Å². The maximum Gasteiger partial charge on any atom is 0.146 e. The maximum absolute atomic E-state index is 13.3. The predicted octanol–water partition coefficient (Wildman–Crippen LogP) is 4.16. The number of benzene rings is 2. The van der Waals surface area contributed by atoms with Gasteiger partial charge in [-0.3, -0.25) is 0 Å². The van der Waals surface area contributed by atoms with Gasteiger partial charge in [-0.2, -0.15) is 0 Å². The van der Waals surface area contributed by atoms with Gasteiger partial charge in [0, 0.05) is 6.04 Å². The van der Waals surface area contributed by atoms with Crippen LogP contribution in [0.5, 0.6) is 11.5 Å². The molecule has 0 fully saturated rings. The number of halogens is 2. The van der Waals surface area contributed by atoms with Crippen LogP contribution in [0.4, 0.5) is 4.39 Å². The van der Waals surface area contributed by atoms with Crippen molar-refractivity contribution in [1.29, 1.82) is 0 Å². The Balaban J connectivity index is 2.32. The van der Waals surface area contributed by atoms with Gasteiger partial charge in [-0.05, 0) is 49.2 Å². The van der Waals surface area contributed by atoms with Crippen LogP contribution in [0, 0.1) is 5.82 Å². The highest BCUT2D eigenvalue weighted by Gasteiger charge is 2.10. The molecule has 0 saturated heterocycles. The second-order valence-electron chi connectivity index (χ2n) is 4.47. The highest BCUT2D eigenvalue weighted by molar-refractivity contribution is 6.32. The lowest BCUT2D eigenvalue weighted by atomic mass is 10.1. The number of hydrogen-bond donors (Lipinski definition) is 1. The first kappa shape index (κ1) is 13.8. The molecule has 0 radical (unpaired) electrons. The molecule has 2 N–H and O–H groups in total. The molecule has 0 aliphatic heterocycles. The molecule has 0 aliphatic carbocycles. The molecule has 100 valence electrons.